The van der Waals surface area contributed by atoms with Crippen molar-refractivity contribution in [2.45, 2.75) is 89.6 Å². The van der Waals surface area contributed by atoms with Gasteiger partial charge in [0.1, 0.15) is 17.5 Å². The summed E-state index contributed by atoms with van der Waals surface area (Å²) in [5.74, 6) is -0.245. The van der Waals surface area contributed by atoms with Gasteiger partial charge in [0.05, 0.1) is 48.4 Å². The van der Waals surface area contributed by atoms with Crippen molar-refractivity contribution < 1.29 is 31.3 Å². The van der Waals surface area contributed by atoms with Crippen molar-refractivity contribution in [3.63, 3.8) is 0 Å². The second-order valence-electron chi connectivity index (χ2n) is 12.0. The minimum absolute atomic E-state index is 0.0609. The molecule has 1 amide bonds. The summed E-state index contributed by atoms with van der Waals surface area (Å²) in [4.78, 5) is 26.4. The Kier molecular flexibility index (Phi) is 7.28. The number of nitriles is 1. The molecule has 2 bridgehead atoms. The maximum atomic E-state index is 15.7. The van der Waals surface area contributed by atoms with Gasteiger partial charge in [-0.15, -0.1) is 0 Å². The lowest BCUT2D eigenvalue weighted by molar-refractivity contribution is -0.0196. The zero-order valence-corrected chi connectivity index (χ0v) is 25.4. The van der Waals surface area contributed by atoms with Crippen molar-refractivity contribution in [2.24, 2.45) is 0 Å². The van der Waals surface area contributed by atoms with Crippen LogP contribution in [0.15, 0.2) is 0 Å². The highest BCUT2D eigenvalue weighted by Crippen LogP contribution is 2.51. The van der Waals surface area contributed by atoms with Crippen molar-refractivity contribution in [2.75, 3.05) is 24.3 Å². The third-order valence-electron chi connectivity index (χ3n) is 7.99. The molecule has 222 valence electrons. The molecule has 2 fully saturated rings. The first-order valence-corrected chi connectivity index (χ1v) is 15.6. The van der Waals surface area contributed by atoms with Gasteiger partial charge in [-0.1, -0.05) is 11.6 Å². The SMILES string of the molecule is Cc1c(CCOS(C)(=O)=O)nc2c3c(nc(Cl)c(F)c13)O[C@@H](C)[C@@H]1[C@@H]3CC[C@](CC#N)(CN21)N3C(=O)OC(C)(C)C. The highest BCUT2D eigenvalue weighted by atomic mass is 35.5. The first kappa shape index (κ1) is 29.5. The molecule has 41 heavy (non-hydrogen) atoms. The van der Waals surface area contributed by atoms with E-state index in [0.717, 1.165) is 6.26 Å². The Morgan fingerprint density at radius 1 is 1.32 bits per heavy atom. The number of aryl methyl sites for hydroxylation is 1. The standard InChI is InChI=1S/C27H33ClFN5O6S/c1-14-16(8-12-38-41(6,36)37)31-23-19-18(14)20(29)22(28)32-24(19)39-15(2)21-17-7-9-27(10-11-30,13-33(21)23)34(17)25(35)40-26(3,4)5/h15,17,21H,7-10,12-13H2,1-6H3/t15-,17-,21+,27-/m0/s1. The lowest BCUT2D eigenvalue weighted by Crippen LogP contribution is -2.70. The largest absolute Gasteiger partial charge is 0.472 e. The molecule has 0 spiro atoms. The zero-order valence-electron chi connectivity index (χ0n) is 23.8. The summed E-state index contributed by atoms with van der Waals surface area (Å²) in [6.45, 7) is 8.94. The summed E-state index contributed by atoms with van der Waals surface area (Å²) in [6, 6.07) is 1.42. The fourth-order valence-corrected chi connectivity index (χ4v) is 7.04. The minimum Gasteiger partial charge on any atom is -0.472 e. The molecule has 0 aliphatic carbocycles. The van der Waals surface area contributed by atoms with E-state index in [1.165, 1.54) is 0 Å². The van der Waals surface area contributed by atoms with E-state index in [9.17, 15) is 18.5 Å². The van der Waals surface area contributed by atoms with Gasteiger partial charge in [-0.3, -0.25) is 9.08 Å². The van der Waals surface area contributed by atoms with E-state index >= 15 is 4.39 Å². The molecule has 2 saturated heterocycles. The van der Waals surface area contributed by atoms with E-state index in [2.05, 4.69) is 11.1 Å². The molecule has 0 saturated carbocycles. The number of anilines is 1. The molecule has 2 aromatic heterocycles. The van der Waals surface area contributed by atoms with Crippen LogP contribution in [0.5, 0.6) is 5.88 Å². The number of aromatic nitrogens is 2. The van der Waals surface area contributed by atoms with Gasteiger partial charge in [0.2, 0.25) is 5.88 Å². The number of ether oxygens (including phenoxy) is 2. The number of fused-ring (bicyclic) bond motifs is 5. The number of halogens is 2. The molecule has 5 heterocycles. The van der Waals surface area contributed by atoms with Crippen LogP contribution in [0.3, 0.4) is 0 Å². The molecule has 14 heteroatoms. The molecular formula is C27H33ClFN5O6S. The Morgan fingerprint density at radius 3 is 2.66 bits per heavy atom. The van der Waals surface area contributed by atoms with E-state index in [0.29, 0.717) is 35.3 Å². The number of nitrogens with zero attached hydrogens (tertiary/aromatic N) is 5. The second-order valence-corrected chi connectivity index (χ2v) is 14.0. The van der Waals surface area contributed by atoms with Crippen LogP contribution in [0.25, 0.3) is 10.8 Å². The number of carbonyl (C=O) groups excluding carboxylic acids is 1. The van der Waals surface area contributed by atoms with Crippen molar-refractivity contribution >= 4 is 44.4 Å². The predicted molar refractivity (Wildman–Crippen MR) is 149 cm³/mol. The maximum Gasteiger partial charge on any atom is 0.411 e. The fourth-order valence-electron chi connectivity index (χ4n) is 6.48. The molecule has 5 rings (SSSR count). The topological polar surface area (TPSA) is 135 Å². The molecule has 3 aliphatic heterocycles. The summed E-state index contributed by atoms with van der Waals surface area (Å²) < 4.78 is 55.9. The van der Waals surface area contributed by atoms with Crippen molar-refractivity contribution in [3.05, 3.63) is 22.2 Å². The monoisotopic (exact) mass is 609 g/mol. The molecule has 0 N–H and O–H groups in total. The summed E-state index contributed by atoms with van der Waals surface area (Å²) >= 11 is 6.23. The van der Waals surface area contributed by atoms with Gasteiger partial charge in [-0.05, 0) is 53.0 Å². The lowest BCUT2D eigenvalue weighted by Gasteiger charge is -2.53. The van der Waals surface area contributed by atoms with Crippen LogP contribution in [0.4, 0.5) is 15.0 Å². The normalized spacial score (nSPS) is 25.4. The third kappa shape index (κ3) is 5.15. The van der Waals surface area contributed by atoms with Gasteiger partial charge in [0.15, 0.2) is 11.0 Å². The van der Waals surface area contributed by atoms with Crippen LogP contribution in [0, 0.1) is 24.1 Å². The summed E-state index contributed by atoms with van der Waals surface area (Å²) in [5, 5.41) is 10.0. The van der Waals surface area contributed by atoms with Gasteiger partial charge < -0.3 is 14.4 Å². The van der Waals surface area contributed by atoms with Crippen LogP contribution in [-0.4, -0.2) is 78.1 Å². The van der Waals surface area contributed by atoms with Crippen molar-refractivity contribution in [3.8, 4) is 11.9 Å². The maximum absolute atomic E-state index is 15.7. The first-order chi connectivity index (χ1) is 19.1. The van der Waals surface area contributed by atoms with Crippen molar-refractivity contribution in [1.82, 2.24) is 14.9 Å². The molecule has 0 unspecified atom stereocenters. The molecule has 2 aromatic rings. The summed E-state index contributed by atoms with van der Waals surface area (Å²) in [7, 11) is -3.70. The van der Waals surface area contributed by atoms with Gasteiger partial charge in [0, 0.05) is 24.0 Å². The van der Waals surface area contributed by atoms with E-state index in [1.54, 1.807) is 32.6 Å². The Bertz CT molecular complexity index is 1580. The zero-order chi connectivity index (χ0) is 30.1. The molecule has 4 atom stereocenters. The van der Waals surface area contributed by atoms with Crippen LogP contribution in [-0.2, 0) is 25.5 Å². The predicted octanol–water partition coefficient (Wildman–Crippen LogP) is 4.27. The molecule has 0 aromatic carbocycles. The average Bonchev–Trinajstić information content (AvgIpc) is 3.04. The summed E-state index contributed by atoms with van der Waals surface area (Å²) in [6.07, 6.45) is 1.22. The van der Waals surface area contributed by atoms with Gasteiger partial charge in [-0.25, -0.2) is 14.2 Å². The summed E-state index contributed by atoms with van der Waals surface area (Å²) in [5.41, 5.74) is -0.734. The molecule has 3 aliphatic rings. The van der Waals surface area contributed by atoms with Crippen molar-refractivity contribution in [1.29, 1.82) is 5.26 Å². The first-order valence-electron chi connectivity index (χ1n) is 13.4. The number of pyridine rings is 2. The Balaban J connectivity index is 1.69. The number of amides is 1. The number of hydrogen-bond acceptors (Lipinski definition) is 10. The molecule has 11 nitrogen and oxygen atoms in total. The van der Waals surface area contributed by atoms with E-state index < -0.39 is 51.4 Å². The molecular weight excluding hydrogens is 577 g/mol. The number of piperazine rings is 1. The number of carbonyl (C=O) groups is 1. The van der Waals surface area contributed by atoms with E-state index in [1.807, 2.05) is 11.8 Å². The smallest absolute Gasteiger partial charge is 0.411 e. The average molecular weight is 610 g/mol. The van der Waals surface area contributed by atoms with E-state index in [4.69, 9.17) is 30.2 Å². The van der Waals surface area contributed by atoms with Crippen LogP contribution in [0.2, 0.25) is 5.15 Å². The van der Waals surface area contributed by atoms with Gasteiger partial charge in [-0.2, -0.15) is 18.7 Å². The number of rotatable bonds is 5. The highest BCUT2D eigenvalue weighted by Gasteiger charge is 2.60. The minimum atomic E-state index is -3.70. The fraction of sp³-hybridized carbons (Fsp3) is 0.630. The third-order valence-corrected chi connectivity index (χ3v) is 8.83. The quantitative estimate of drug-likeness (QED) is 0.357. The van der Waals surface area contributed by atoms with Crippen LogP contribution in [0.1, 0.15) is 58.2 Å². The molecule has 0 radical (unpaired) electrons. The van der Waals surface area contributed by atoms with Gasteiger partial charge >= 0.3 is 6.09 Å². The van der Waals surface area contributed by atoms with Crippen LogP contribution >= 0.6 is 11.6 Å². The Hall–Kier alpha value is -2.95. The Morgan fingerprint density at radius 2 is 2.02 bits per heavy atom. The van der Waals surface area contributed by atoms with Crippen LogP contribution < -0.4 is 9.64 Å². The second kappa shape index (κ2) is 10.1. The number of hydrogen-bond donors (Lipinski definition) is 0. The van der Waals surface area contributed by atoms with Gasteiger partial charge in [0.25, 0.3) is 10.1 Å². The highest BCUT2D eigenvalue weighted by molar-refractivity contribution is 7.85. The lowest BCUT2D eigenvalue weighted by atomic mass is 9.89. The van der Waals surface area contributed by atoms with E-state index in [-0.39, 0.29) is 42.4 Å². The Labute approximate surface area is 243 Å².